The fraction of sp³-hybridized carbons (Fsp3) is 0.294. The first-order valence-electron chi connectivity index (χ1n) is 6.49. The maximum Gasteiger partial charge on any atom is 0.118 e. The van der Waals surface area contributed by atoms with Gasteiger partial charge in [-0.05, 0) is 41.2 Å². The molecule has 2 aromatic carbocycles. The standard InChI is InChI=1S/C17H20O/c1-4-13(2)14-5-7-15(8-6-14)16-9-11-17(18-3)12-10-16/h5-13H,4H2,1-3H3/t13-/m1/s1. The zero-order valence-corrected chi connectivity index (χ0v) is 11.3. The predicted molar refractivity (Wildman–Crippen MR) is 77.1 cm³/mol. The van der Waals surface area contributed by atoms with Gasteiger partial charge in [-0.2, -0.15) is 0 Å². The Kier molecular flexibility index (Phi) is 4.03. The summed E-state index contributed by atoms with van der Waals surface area (Å²) in [4.78, 5) is 0. The normalized spacial score (nSPS) is 12.2. The van der Waals surface area contributed by atoms with Crippen molar-refractivity contribution in [2.24, 2.45) is 0 Å². The van der Waals surface area contributed by atoms with E-state index >= 15 is 0 Å². The van der Waals surface area contributed by atoms with E-state index in [4.69, 9.17) is 4.74 Å². The van der Waals surface area contributed by atoms with E-state index in [0.717, 1.165) is 5.75 Å². The lowest BCUT2D eigenvalue weighted by Crippen LogP contribution is -1.90. The van der Waals surface area contributed by atoms with E-state index < -0.39 is 0 Å². The second-order valence-electron chi connectivity index (χ2n) is 4.66. The molecule has 0 saturated heterocycles. The number of hydrogen-bond acceptors (Lipinski definition) is 1. The number of benzene rings is 2. The molecule has 0 aromatic heterocycles. The summed E-state index contributed by atoms with van der Waals surface area (Å²) in [6, 6.07) is 17.0. The zero-order valence-electron chi connectivity index (χ0n) is 11.3. The summed E-state index contributed by atoms with van der Waals surface area (Å²) in [7, 11) is 1.69. The number of ether oxygens (including phenoxy) is 1. The molecule has 2 aromatic rings. The van der Waals surface area contributed by atoms with Crippen molar-refractivity contribution in [1.82, 2.24) is 0 Å². The minimum Gasteiger partial charge on any atom is -0.497 e. The molecular weight excluding hydrogens is 220 g/mol. The van der Waals surface area contributed by atoms with Crippen LogP contribution >= 0.6 is 0 Å². The van der Waals surface area contributed by atoms with Crippen LogP contribution in [0.25, 0.3) is 11.1 Å². The molecule has 0 heterocycles. The highest BCUT2D eigenvalue weighted by Crippen LogP contribution is 2.25. The Labute approximate surface area is 109 Å². The van der Waals surface area contributed by atoms with Crippen LogP contribution in [0.3, 0.4) is 0 Å². The molecular formula is C17H20O. The molecule has 1 nitrogen and oxygen atoms in total. The van der Waals surface area contributed by atoms with Crippen LogP contribution in [0.15, 0.2) is 48.5 Å². The van der Waals surface area contributed by atoms with Crippen molar-refractivity contribution in [2.75, 3.05) is 7.11 Å². The summed E-state index contributed by atoms with van der Waals surface area (Å²) < 4.78 is 5.17. The average molecular weight is 240 g/mol. The first kappa shape index (κ1) is 12.7. The zero-order chi connectivity index (χ0) is 13.0. The molecule has 0 saturated carbocycles. The molecule has 0 fully saturated rings. The van der Waals surface area contributed by atoms with Crippen LogP contribution in [0.5, 0.6) is 5.75 Å². The topological polar surface area (TPSA) is 9.23 Å². The molecule has 0 aliphatic rings. The van der Waals surface area contributed by atoms with Gasteiger partial charge in [-0.3, -0.25) is 0 Å². The third-order valence-corrected chi connectivity index (χ3v) is 3.52. The summed E-state index contributed by atoms with van der Waals surface area (Å²) in [5, 5.41) is 0. The van der Waals surface area contributed by atoms with E-state index in [9.17, 15) is 0 Å². The van der Waals surface area contributed by atoms with E-state index in [-0.39, 0.29) is 0 Å². The van der Waals surface area contributed by atoms with Crippen molar-refractivity contribution in [1.29, 1.82) is 0 Å². The van der Waals surface area contributed by atoms with Crippen molar-refractivity contribution < 1.29 is 4.74 Å². The highest BCUT2D eigenvalue weighted by Gasteiger charge is 2.03. The molecule has 1 atom stereocenters. The molecule has 0 N–H and O–H groups in total. The monoisotopic (exact) mass is 240 g/mol. The molecule has 18 heavy (non-hydrogen) atoms. The lowest BCUT2D eigenvalue weighted by atomic mass is 9.96. The summed E-state index contributed by atoms with van der Waals surface area (Å²) in [5.74, 6) is 1.53. The number of methoxy groups -OCH3 is 1. The Hall–Kier alpha value is -1.76. The van der Waals surface area contributed by atoms with E-state index in [2.05, 4.69) is 50.2 Å². The Morgan fingerprint density at radius 3 is 1.83 bits per heavy atom. The lowest BCUT2D eigenvalue weighted by Gasteiger charge is -2.10. The first-order chi connectivity index (χ1) is 8.74. The molecule has 94 valence electrons. The molecule has 0 radical (unpaired) electrons. The molecule has 2 rings (SSSR count). The minimum atomic E-state index is 0.634. The van der Waals surface area contributed by atoms with Gasteiger partial charge >= 0.3 is 0 Å². The fourth-order valence-corrected chi connectivity index (χ4v) is 2.02. The third kappa shape index (κ3) is 2.73. The number of hydrogen-bond donors (Lipinski definition) is 0. The van der Waals surface area contributed by atoms with Crippen LogP contribution in [0.4, 0.5) is 0 Å². The van der Waals surface area contributed by atoms with Gasteiger partial charge in [0.1, 0.15) is 5.75 Å². The molecule has 0 aliphatic carbocycles. The van der Waals surface area contributed by atoms with Gasteiger partial charge < -0.3 is 4.74 Å². The highest BCUT2D eigenvalue weighted by atomic mass is 16.5. The minimum absolute atomic E-state index is 0.634. The summed E-state index contributed by atoms with van der Waals surface area (Å²) in [5.41, 5.74) is 3.89. The molecule has 0 aliphatic heterocycles. The Morgan fingerprint density at radius 2 is 1.39 bits per heavy atom. The maximum atomic E-state index is 5.17. The smallest absolute Gasteiger partial charge is 0.118 e. The fourth-order valence-electron chi connectivity index (χ4n) is 2.02. The summed E-state index contributed by atoms with van der Waals surface area (Å²) >= 11 is 0. The second-order valence-corrected chi connectivity index (χ2v) is 4.66. The average Bonchev–Trinajstić information content (AvgIpc) is 2.47. The van der Waals surface area contributed by atoms with Crippen molar-refractivity contribution in [3.05, 3.63) is 54.1 Å². The Bertz CT molecular complexity index is 482. The highest BCUT2D eigenvalue weighted by molar-refractivity contribution is 5.64. The molecule has 0 unspecified atom stereocenters. The van der Waals surface area contributed by atoms with Gasteiger partial charge in [0.05, 0.1) is 7.11 Å². The van der Waals surface area contributed by atoms with Crippen molar-refractivity contribution in [3.8, 4) is 16.9 Å². The van der Waals surface area contributed by atoms with Crippen LogP contribution < -0.4 is 4.74 Å². The van der Waals surface area contributed by atoms with Gasteiger partial charge in [-0.15, -0.1) is 0 Å². The Morgan fingerprint density at radius 1 is 0.889 bits per heavy atom. The van der Waals surface area contributed by atoms with E-state index in [1.165, 1.54) is 23.1 Å². The van der Waals surface area contributed by atoms with Crippen LogP contribution in [0.1, 0.15) is 31.7 Å². The van der Waals surface area contributed by atoms with Crippen molar-refractivity contribution in [3.63, 3.8) is 0 Å². The predicted octanol–water partition coefficient (Wildman–Crippen LogP) is 4.88. The quantitative estimate of drug-likeness (QED) is 0.740. The largest absolute Gasteiger partial charge is 0.497 e. The SMILES string of the molecule is CC[C@@H](C)c1ccc(-c2ccc(OC)cc2)cc1. The van der Waals surface area contributed by atoms with Crippen molar-refractivity contribution in [2.45, 2.75) is 26.2 Å². The van der Waals surface area contributed by atoms with Gasteiger partial charge in [0, 0.05) is 0 Å². The van der Waals surface area contributed by atoms with E-state index in [1.54, 1.807) is 7.11 Å². The van der Waals surface area contributed by atoms with E-state index in [0.29, 0.717) is 5.92 Å². The van der Waals surface area contributed by atoms with Gasteiger partial charge in [0.2, 0.25) is 0 Å². The summed E-state index contributed by atoms with van der Waals surface area (Å²) in [6.45, 7) is 4.49. The molecule has 0 bridgehead atoms. The van der Waals surface area contributed by atoms with Gasteiger partial charge in [0.15, 0.2) is 0 Å². The van der Waals surface area contributed by atoms with E-state index in [1.807, 2.05) is 12.1 Å². The van der Waals surface area contributed by atoms with Gasteiger partial charge in [0.25, 0.3) is 0 Å². The lowest BCUT2D eigenvalue weighted by molar-refractivity contribution is 0.415. The second kappa shape index (κ2) is 5.72. The molecule has 1 heteroatoms. The number of rotatable bonds is 4. The van der Waals surface area contributed by atoms with Crippen LogP contribution in [0, 0.1) is 0 Å². The summed E-state index contributed by atoms with van der Waals surface area (Å²) in [6.07, 6.45) is 1.18. The first-order valence-corrected chi connectivity index (χ1v) is 6.49. The van der Waals surface area contributed by atoms with Gasteiger partial charge in [-0.1, -0.05) is 50.2 Å². The van der Waals surface area contributed by atoms with Crippen LogP contribution in [0.2, 0.25) is 0 Å². The third-order valence-electron chi connectivity index (χ3n) is 3.52. The maximum absolute atomic E-state index is 5.17. The van der Waals surface area contributed by atoms with Crippen LogP contribution in [-0.4, -0.2) is 7.11 Å². The molecule has 0 amide bonds. The van der Waals surface area contributed by atoms with Crippen molar-refractivity contribution >= 4 is 0 Å². The van der Waals surface area contributed by atoms with Gasteiger partial charge in [-0.25, -0.2) is 0 Å². The van der Waals surface area contributed by atoms with Crippen LogP contribution in [-0.2, 0) is 0 Å². The molecule has 0 spiro atoms. The Balaban J connectivity index is 2.22.